The average molecular weight is 676 g/mol. The second kappa shape index (κ2) is 12.8. The summed E-state index contributed by atoms with van der Waals surface area (Å²) in [6.07, 6.45) is 0. The van der Waals surface area contributed by atoms with Crippen molar-refractivity contribution in [2.75, 3.05) is 0 Å². The summed E-state index contributed by atoms with van der Waals surface area (Å²) in [4.78, 5) is 15.1. The number of furan rings is 1. The molecule has 6 heteroatoms. The maximum absolute atomic E-state index is 15.0. The lowest BCUT2D eigenvalue weighted by molar-refractivity contribution is 0.592. The molecule has 0 atom stereocenters. The number of rotatable bonds is 7. The topological polar surface area (TPSA) is 68.9 Å². The first-order valence-corrected chi connectivity index (χ1v) is 18.5. The fourth-order valence-corrected chi connectivity index (χ4v) is 9.36. The molecule has 0 bridgehead atoms. The van der Waals surface area contributed by atoms with Gasteiger partial charge >= 0.3 is 0 Å². The molecule has 0 radical (unpaired) electrons. The van der Waals surface area contributed by atoms with E-state index >= 15 is 4.57 Å². The zero-order chi connectivity index (χ0) is 34.2. The minimum atomic E-state index is -3.12. The van der Waals surface area contributed by atoms with Crippen molar-refractivity contribution in [1.82, 2.24) is 15.0 Å². The molecule has 2 aromatic heterocycles. The Hall–Kier alpha value is -6.42. The lowest BCUT2D eigenvalue weighted by Crippen LogP contribution is -2.24. The minimum absolute atomic E-state index is 0.551. The van der Waals surface area contributed by atoms with Crippen LogP contribution in [-0.2, 0) is 4.57 Å². The van der Waals surface area contributed by atoms with Gasteiger partial charge in [0.2, 0.25) is 0 Å². The van der Waals surface area contributed by atoms with E-state index in [0.717, 1.165) is 65.7 Å². The first-order chi connectivity index (χ1) is 25.1. The molecule has 0 aliphatic carbocycles. The Labute approximate surface area is 295 Å². The normalized spacial score (nSPS) is 11.6. The van der Waals surface area contributed by atoms with Gasteiger partial charge in [-0.25, -0.2) is 15.0 Å². The highest BCUT2D eigenvalue weighted by Crippen LogP contribution is 2.44. The molecule has 51 heavy (non-hydrogen) atoms. The first-order valence-electron chi connectivity index (χ1n) is 16.8. The van der Waals surface area contributed by atoms with Crippen molar-refractivity contribution in [1.29, 1.82) is 0 Å². The van der Waals surface area contributed by atoms with Crippen molar-refractivity contribution in [2.24, 2.45) is 0 Å². The Morgan fingerprint density at radius 3 is 1.43 bits per heavy atom. The molecule has 0 aliphatic rings. The van der Waals surface area contributed by atoms with E-state index in [-0.39, 0.29) is 0 Å². The summed E-state index contributed by atoms with van der Waals surface area (Å²) in [6.45, 7) is 0. The third kappa shape index (κ3) is 5.54. The van der Waals surface area contributed by atoms with Gasteiger partial charge in [0.1, 0.15) is 11.2 Å². The van der Waals surface area contributed by atoms with Crippen molar-refractivity contribution in [3.05, 3.63) is 182 Å². The Kier molecular flexibility index (Phi) is 7.68. The van der Waals surface area contributed by atoms with Gasteiger partial charge in [-0.2, -0.15) is 0 Å². The van der Waals surface area contributed by atoms with Crippen molar-refractivity contribution in [3.63, 3.8) is 0 Å². The lowest BCUT2D eigenvalue weighted by Gasteiger charge is -2.20. The third-order valence-electron chi connectivity index (χ3n) is 9.22. The van der Waals surface area contributed by atoms with E-state index < -0.39 is 7.14 Å². The second-order valence-electron chi connectivity index (χ2n) is 12.4. The molecule has 0 spiro atoms. The zero-order valence-electron chi connectivity index (χ0n) is 27.4. The van der Waals surface area contributed by atoms with Crippen molar-refractivity contribution in [2.45, 2.75) is 0 Å². The summed E-state index contributed by atoms with van der Waals surface area (Å²) in [7, 11) is -3.12. The fraction of sp³-hybridized carbons (Fsp3) is 0. The van der Waals surface area contributed by atoms with Gasteiger partial charge in [-0.3, -0.25) is 0 Å². The SMILES string of the molecule is O=P(c1ccccc1)(c1ccccc1)c1ccc(-c2cc(-c3nc(-c4ccccc4)nc(-c4ccccc4)n3)c3c(c2)oc2ccccc23)cc1. The van der Waals surface area contributed by atoms with Crippen LogP contribution >= 0.6 is 7.14 Å². The highest BCUT2D eigenvalue weighted by Gasteiger charge is 2.29. The predicted molar refractivity (Wildman–Crippen MR) is 208 cm³/mol. The van der Waals surface area contributed by atoms with Crippen LogP contribution in [0.2, 0.25) is 0 Å². The van der Waals surface area contributed by atoms with Crippen LogP contribution in [0.5, 0.6) is 0 Å². The number of nitrogens with zero attached hydrogens (tertiary/aromatic N) is 3. The molecular formula is C45H30N3O2P. The van der Waals surface area contributed by atoms with E-state index in [9.17, 15) is 0 Å². The number of para-hydroxylation sites is 1. The lowest BCUT2D eigenvalue weighted by atomic mass is 9.98. The van der Waals surface area contributed by atoms with Gasteiger partial charge in [-0.1, -0.05) is 164 Å². The van der Waals surface area contributed by atoms with Crippen LogP contribution in [0.1, 0.15) is 0 Å². The Morgan fingerprint density at radius 2 is 0.863 bits per heavy atom. The number of benzene rings is 7. The molecule has 7 aromatic carbocycles. The van der Waals surface area contributed by atoms with Gasteiger partial charge in [0.05, 0.1) is 0 Å². The smallest absolute Gasteiger partial charge is 0.171 e. The van der Waals surface area contributed by atoms with E-state index in [4.69, 9.17) is 19.4 Å². The highest BCUT2D eigenvalue weighted by molar-refractivity contribution is 7.85. The maximum atomic E-state index is 15.0. The molecule has 5 nitrogen and oxygen atoms in total. The Balaban J connectivity index is 1.24. The largest absolute Gasteiger partial charge is 0.456 e. The van der Waals surface area contributed by atoms with Gasteiger partial charge in [0.25, 0.3) is 0 Å². The highest BCUT2D eigenvalue weighted by atomic mass is 31.2. The molecule has 0 amide bonds. The van der Waals surface area contributed by atoms with Crippen LogP contribution in [0.4, 0.5) is 0 Å². The van der Waals surface area contributed by atoms with E-state index in [2.05, 4.69) is 18.2 Å². The third-order valence-corrected chi connectivity index (χ3v) is 12.3. The second-order valence-corrected chi connectivity index (χ2v) is 15.1. The average Bonchev–Trinajstić information content (AvgIpc) is 3.60. The Morgan fingerprint density at radius 1 is 0.392 bits per heavy atom. The van der Waals surface area contributed by atoms with Gasteiger partial charge in [-0.15, -0.1) is 0 Å². The van der Waals surface area contributed by atoms with E-state index in [0.29, 0.717) is 17.5 Å². The molecular weight excluding hydrogens is 645 g/mol. The molecule has 0 fully saturated rings. The Bertz CT molecular complexity index is 2590. The van der Waals surface area contributed by atoms with Gasteiger partial charge in [-0.05, 0) is 29.3 Å². The van der Waals surface area contributed by atoms with E-state index in [1.165, 1.54) is 0 Å². The van der Waals surface area contributed by atoms with Crippen molar-refractivity contribution in [3.8, 4) is 45.3 Å². The minimum Gasteiger partial charge on any atom is -0.456 e. The zero-order valence-corrected chi connectivity index (χ0v) is 28.3. The molecule has 2 heterocycles. The van der Waals surface area contributed by atoms with Gasteiger partial charge in [0.15, 0.2) is 24.6 Å². The molecule has 0 saturated carbocycles. The quantitative estimate of drug-likeness (QED) is 0.157. The van der Waals surface area contributed by atoms with E-state index in [1.807, 2.05) is 164 Å². The first kappa shape index (κ1) is 30.6. The molecule has 0 N–H and O–H groups in total. The van der Waals surface area contributed by atoms with Crippen molar-refractivity contribution >= 4 is 45.0 Å². The van der Waals surface area contributed by atoms with Crippen LogP contribution in [0.3, 0.4) is 0 Å². The summed E-state index contributed by atoms with van der Waals surface area (Å²) >= 11 is 0. The maximum Gasteiger partial charge on any atom is 0.171 e. The van der Waals surface area contributed by atoms with Crippen LogP contribution < -0.4 is 15.9 Å². The molecule has 0 saturated heterocycles. The van der Waals surface area contributed by atoms with Crippen LogP contribution in [0, 0.1) is 0 Å². The number of hydrogen-bond acceptors (Lipinski definition) is 5. The predicted octanol–water partition coefficient (Wildman–Crippen LogP) is 10.1. The molecule has 9 aromatic rings. The molecule has 242 valence electrons. The summed E-state index contributed by atoms with van der Waals surface area (Å²) < 4.78 is 21.5. The van der Waals surface area contributed by atoms with Gasteiger partial charge < -0.3 is 8.98 Å². The van der Waals surface area contributed by atoms with Crippen LogP contribution in [0.15, 0.2) is 186 Å². The standard InChI is InChI=1S/C45H30N3O2P/c49-51(35-19-9-3-10-20-35,36-21-11-4-12-22-36)37-27-25-31(26-28-37)34-29-39(42-38-23-13-14-24-40(38)50-41(42)30-34)45-47-43(32-15-5-1-6-16-32)46-44(48-45)33-17-7-2-8-18-33/h1-30H. The van der Waals surface area contributed by atoms with Crippen molar-refractivity contribution < 1.29 is 8.98 Å². The monoisotopic (exact) mass is 675 g/mol. The van der Waals surface area contributed by atoms with Crippen LogP contribution in [0.25, 0.3) is 67.2 Å². The summed E-state index contributed by atoms with van der Waals surface area (Å²) in [6, 6.07) is 59.7. The summed E-state index contributed by atoms with van der Waals surface area (Å²) in [5.74, 6) is 1.73. The van der Waals surface area contributed by atoms with E-state index in [1.54, 1.807) is 0 Å². The number of aromatic nitrogens is 3. The number of hydrogen-bond donors (Lipinski definition) is 0. The number of fused-ring (bicyclic) bond motifs is 3. The molecule has 0 aliphatic heterocycles. The summed E-state index contributed by atoms with van der Waals surface area (Å²) in [5, 5.41) is 4.29. The molecule has 0 unspecified atom stereocenters. The van der Waals surface area contributed by atoms with Gasteiger partial charge in [0, 0.05) is 43.4 Å². The van der Waals surface area contributed by atoms with Crippen LogP contribution in [-0.4, -0.2) is 15.0 Å². The fourth-order valence-electron chi connectivity index (χ4n) is 6.71. The molecule has 9 rings (SSSR count). The summed E-state index contributed by atoms with van der Waals surface area (Å²) in [5.41, 5.74) is 6.05.